The second-order valence-electron chi connectivity index (χ2n) is 6.57. The van der Waals surface area contributed by atoms with Gasteiger partial charge in [0.15, 0.2) is 0 Å². The minimum Gasteiger partial charge on any atom is -0.368 e. The quantitative estimate of drug-likeness (QED) is 0.797. The van der Waals surface area contributed by atoms with Crippen molar-refractivity contribution in [2.45, 2.75) is 12.8 Å². The highest BCUT2D eigenvalue weighted by atomic mass is 19.1. The Balaban J connectivity index is 1.36. The normalized spacial score (nSPS) is 14.1. The van der Waals surface area contributed by atoms with E-state index in [9.17, 15) is 14.0 Å². The van der Waals surface area contributed by atoms with E-state index in [0.29, 0.717) is 38.0 Å². The van der Waals surface area contributed by atoms with Gasteiger partial charge in [-0.15, -0.1) is 0 Å². The van der Waals surface area contributed by atoms with Crippen LogP contribution in [0.15, 0.2) is 54.6 Å². The van der Waals surface area contributed by atoms with Crippen molar-refractivity contribution in [3.8, 4) is 0 Å². The molecule has 1 N–H and O–H groups in total. The third-order valence-electron chi connectivity index (χ3n) is 4.71. The van der Waals surface area contributed by atoms with E-state index in [2.05, 4.69) is 10.2 Å². The van der Waals surface area contributed by atoms with Crippen LogP contribution in [0.4, 0.5) is 10.1 Å². The fourth-order valence-electron chi connectivity index (χ4n) is 3.16. The van der Waals surface area contributed by atoms with Crippen LogP contribution in [-0.2, 0) is 4.79 Å². The maximum atomic E-state index is 13.0. The van der Waals surface area contributed by atoms with Crippen LogP contribution in [0.5, 0.6) is 0 Å². The third-order valence-corrected chi connectivity index (χ3v) is 4.71. The van der Waals surface area contributed by atoms with Crippen molar-refractivity contribution in [2.24, 2.45) is 0 Å². The molecule has 27 heavy (non-hydrogen) atoms. The van der Waals surface area contributed by atoms with E-state index in [1.807, 2.05) is 23.1 Å². The second-order valence-corrected chi connectivity index (χ2v) is 6.57. The summed E-state index contributed by atoms with van der Waals surface area (Å²) in [5.74, 6) is -0.245. The Morgan fingerprint density at radius 3 is 2.26 bits per heavy atom. The zero-order valence-electron chi connectivity index (χ0n) is 15.2. The van der Waals surface area contributed by atoms with Gasteiger partial charge < -0.3 is 15.1 Å². The Morgan fingerprint density at radius 1 is 0.926 bits per heavy atom. The lowest BCUT2D eigenvalue weighted by molar-refractivity contribution is -0.131. The summed E-state index contributed by atoms with van der Waals surface area (Å²) in [7, 11) is 0. The second kappa shape index (κ2) is 9.16. The monoisotopic (exact) mass is 369 g/mol. The molecule has 142 valence electrons. The summed E-state index contributed by atoms with van der Waals surface area (Å²) < 4.78 is 13.0. The molecule has 0 bridgehead atoms. The summed E-state index contributed by atoms with van der Waals surface area (Å²) in [6.45, 7) is 3.28. The molecule has 2 aromatic carbocycles. The molecule has 2 aromatic rings. The van der Waals surface area contributed by atoms with E-state index in [1.54, 1.807) is 24.3 Å². The zero-order chi connectivity index (χ0) is 19.1. The molecule has 1 aliphatic rings. The molecule has 0 aromatic heterocycles. The highest BCUT2D eigenvalue weighted by molar-refractivity contribution is 5.94. The topological polar surface area (TPSA) is 52.7 Å². The smallest absolute Gasteiger partial charge is 0.251 e. The van der Waals surface area contributed by atoms with Gasteiger partial charge in [-0.1, -0.05) is 18.2 Å². The van der Waals surface area contributed by atoms with E-state index in [0.717, 1.165) is 18.8 Å². The van der Waals surface area contributed by atoms with Crippen LogP contribution in [-0.4, -0.2) is 49.4 Å². The minimum atomic E-state index is -0.244. The van der Waals surface area contributed by atoms with Crippen molar-refractivity contribution < 1.29 is 14.0 Å². The summed E-state index contributed by atoms with van der Waals surface area (Å²) >= 11 is 0. The lowest BCUT2D eigenvalue weighted by atomic mass is 10.2. The summed E-state index contributed by atoms with van der Waals surface area (Å²) in [4.78, 5) is 28.3. The third kappa shape index (κ3) is 5.29. The van der Waals surface area contributed by atoms with Crippen LogP contribution in [0, 0.1) is 5.82 Å². The predicted octanol–water partition coefficient (Wildman–Crippen LogP) is 2.68. The Kier molecular flexibility index (Phi) is 6.41. The number of nitrogens with one attached hydrogen (secondary N) is 1. The van der Waals surface area contributed by atoms with Gasteiger partial charge in [0.2, 0.25) is 5.91 Å². The van der Waals surface area contributed by atoms with E-state index in [1.165, 1.54) is 12.1 Å². The van der Waals surface area contributed by atoms with Gasteiger partial charge in [0.25, 0.3) is 5.91 Å². The number of hydrogen-bond donors (Lipinski definition) is 1. The fourth-order valence-corrected chi connectivity index (χ4v) is 3.16. The number of halogens is 1. The summed E-state index contributed by atoms with van der Waals surface area (Å²) in [6, 6.07) is 15.5. The highest BCUT2D eigenvalue weighted by Crippen LogP contribution is 2.17. The fraction of sp³-hybridized carbons (Fsp3) is 0.333. The van der Waals surface area contributed by atoms with E-state index < -0.39 is 0 Å². The van der Waals surface area contributed by atoms with Gasteiger partial charge in [0.05, 0.1) is 0 Å². The van der Waals surface area contributed by atoms with Crippen molar-refractivity contribution in [3.63, 3.8) is 0 Å². The number of carbonyl (C=O) groups excluding carboxylic acids is 2. The molecule has 1 aliphatic heterocycles. The molecule has 0 aliphatic carbocycles. The number of nitrogens with zero attached hydrogens (tertiary/aromatic N) is 2. The van der Waals surface area contributed by atoms with Gasteiger partial charge in [-0.25, -0.2) is 4.39 Å². The van der Waals surface area contributed by atoms with Crippen LogP contribution >= 0.6 is 0 Å². The number of piperazine rings is 1. The largest absolute Gasteiger partial charge is 0.368 e. The maximum absolute atomic E-state index is 13.0. The van der Waals surface area contributed by atoms with Gasteiger partial charge in [0.1, 0.15) is 5.82 Å². The molecule has 6 heteroatoms. The lowest BCUT2D eigenvalue weighted by Gasteiger charge is -2.36. The zero-order valence-corrected chi connectivity index (χ0v) is 15.2. The van der Waals surface area contributed by atoms with E-state index in [4.69, 9.17) is 0 Å². The molecule has 0 unspecified atom stereocenters. The van der Waals surface area contributed by atoms with Crippen molar-refractivity contribution in [2.75, 3.05) is 37.6 Å². The van der Waals surface area contributed by atoms with Gasteiger partial charge in [-0.3, -0.25) is 9.59 Å². The molecule has 5 nitrogen and oxygen atoms in total. The van der Waals surface area contributed by atoms with Crippen LogP contribution in [0.3, 0.4) is 0 Å². The molecule has 0 spiro atoms. The Morgan fingerprint density at radius 2 is 1.59 bits per heavy atom. The highest BCUT2D eigenvalue weighted by Gasteiger charge is 2.21. The van der Waals surface area contributed by atoms with Crippen molar-refractivity contribution in [1.82, 2.24) is 10.2 Å². The van der Waals surface area contributed by atoms with Crippen LogP contribution < -0.4 is 10.2 Å². The number of carbonyl (C=O) groups is 2. The Labute approximate surface area is 158 Å². The van der Waals surface area contributed by atoms with Crippen molar-refractivity contribution >= 4 is 17.5 Å². The average molecular weight is 369 g/mol. The number of hydrogen-bond acceptors (Lipinski definition) is 3. The first-order valence-corrected chi connectivity index (χ1v) is 9.25. The molecule has 1 fully saturated rings. The molecule has 1 heterocycles. The molecule has 0 saturated carbocycles. The van der Waals surface area contributed by atoms with Gasteiger partial charge in [0, 0.05) is 50.4 Å². The lowest BCUT2D eigenvalue weighted by Crippen LogP contribution is -2.48. The molecular formula is C21H24FN3O2. The number of benzene rings is 2. The van der Waals surface area contributed by atoms with E-state index in [-0.39, 0.29) is 17.6 Å². The van der Waals surface area contributed by atoms with E-state index >= 15 is 0 Å². The Bertz CT molecular complexity index is 757. The first-order valence-electron chi connectivity index (χ1n) is 9.25. The maximum Gasteiger partial charge on any atom is 0.251 e. The van der Waals surface area contributed by atoms with Crippen LogP contribution in [0.2, 0.25) is 0 Å². The SMILES string of the molecule is O=C(NCCCC(=O)N1CCN(c2ccc(F)cc2)CC1)c1ccccc1. The standard InChI is InChI=1S/C21H24FN3O2/c22-18-8-10-19(11-9-18)24-13-15-25(16-14-24)20(26)7-4-12-23-21(27)17-5-2-1-3-6-17/h1-3,5-6,8-11H,4,7,12-16H2,(H,23,27). The first-order chi connectivity index (χ1) is 13.1. The van der Waals surface area contributed by atoms with Crippen molar-refractivity contribution in [1.29, 1.82) is 0 Å². The number of rotatable bonds is 6. The van der Waals surface area contributed by atoms with Gasteiger partial charge in [-0.05, 0) is 42.8 Å². The first kappa shape index (κ1) is 18.9. The molecule has 2 amide bonds. The molecule has 3 rings (SSSR count). The summed E-state index contributed by atoms with van der Waals surface area (Å²) in [5, 5.41) is 2.84. The van der Waals surface area contributed by atoms with Gasteiger partial charge >= 0.3 is 0 Å². The molecule has 1 saturated heterocycles. The Hall–Kier alpha value is -2.89. The summed E-state index contributed by atoms with van der Waals surface area (Å²) in [5.41, 5.74) is 1.60. The van der Waals surface area contributed by atoms with Gasteiger partial charge in [-0.2, -0.15) is 0 Å². The van der Waals surface area contributed by atoms with Crippen LogP contribution in [0.25, 0.3) is 0 Å². The minimum absolute atomic E-state index is 0.114. The average Bonchev–Trinajstić information content (AvgIpc) is 2.72. The summed E-state index contributed by atoms with van der Waals surface area (Å²) in [6.07, 6.45) is 1.04. The molecule has 0 radical (unpaired) electrons. The van der Waals surface area contributed by atoms with Crippen LogP contribution in [0.1, 0.15) is 23.2 Å². The molecular weight excluding hydrogens is 345 g/mol. The number of anilines is 1. The molecule has 0 atom stereocenters. The number of amides is 2. The predicted molar refractivity (Wildman–Crippen MR) is 103 cm³/mol. The van der Waals surface area contributed by atoms with Crippen molar-refractivity contribution in [3.05, 3.63) is 66.0 Å².